The van der Waals surface area contributed by atoms with Crippen molar-refractivity contribution >= 4 is 62.3 Å². The van der Waals surface area contributed by atoms with Crippen LogP contribution in [0.25, 0.3) is 0 Å². The van der Waals surface area contributed by atoms with Crippen LogP contribution >= 0.6 is 34.8 Å². The van der Waals surface area contributed by atoms with Gasteiger partial charge in [0, 0.05) is 33.2 Å². The first kappa shape index (κ1) is 31.2. The first-order chi connectivity index (χ1) is 19.5. The SMILES string of the molecule is Cc1ccc(Cl)cc1N(CC(=O)N(Cc1c(Cl)cccc1Cl)[C@H](C)C(=O)NC1CCCC1)S(=O)(=O)c1ccccc1. The minimum absolute atomic E-state index is 0.0138. The van der Waals surface area contributed by atoms with Crippen LogP contribution in [0.15, 0.2) is 71.6 Å². The molecule has 7 nitrogen and oxygen atoms in total. The molecule has 0 spiro atoms. The molecule has 11 heteroatoms. The fourth-order valence-corrected chi connectivity index (χ4v) is 7.09. The zero-order valence-electron chi connectivity index (χ0n) is 22.8. The third kappa shape index (κ3) is 7.36. The molecule has 1 N–H and O–H groups in total. The molecule has 1 aliphatic carbocycles. The maximum Gasteiger partial charge on any atom is 0.264 e. The summed E-state index contributed by atoms with van der Waals surface area (Å²) >= 11 is 19.2. The van der Waals surface area contributed by atoms with Gasteiger partial charge in [0.2, 0.25) is 11.8 Å². The number of amides is 2. The van der Waals surface area contributed by atoms with Crippen LogP contribution in [0.1, 0.15) is 43.7 Å². The molecule has 218 valence electrons. The summed E-state index contributed by atoms with van der Waals surface area (Å²) in [7, 11) is -4.20. The van der Waals surface area contributed by atoms with E-state index >= 15 is 0 Å². The van der Waals surface area contributed by atoms with Gasteiger partial charge in [-0.15, -0.1) is 0 Å². The Balaban J connectivity index is 1.74. The van der Waals surface area contributed by atoms with Crippen molar-refractivity contribution in [1.29, 1.82) is 0 Å². The molecule has 0 saturated heterocycles. The van der Waals surface area contributed by atoms with Crippen LogP contribution < -0.4 is 9.62 Å². The van der Waals surface area contributed by atoms with Gasteiger partial charge in [0.25, 0.3) is 10.0 Å². The summed E-state index contributed by atoms with van der Waals surface area (Å²) in [5.74, 6) is -0.932. The molecule has 41 heavy (non-hydrogen) atoms. The van der Waals surface area contributed by atoms with Crippen LogP contribution in [0.5, 0.6) is 0 Å². The number of hydrogen-bond acceptors (Lipinski definition) is 4. The largest absolute Gasteiger partial charge is 0.352 e. The lowest BCUT2D eigenvalue weighted by atomic mass is 10.1. The second-order valence-corrected chi connectivity index (χ2v) is 13.3. The van der Waals surface area contributed by atoms with Gasteiger partial charge in [-0.2, -0.15) is 0 Å². The molecular weight excluding hydrogens is 605 g/mol. The summed E-state index contributed by atoms with van der Waals surface area (Å²) in [5, 5.41) is 4.02. The Hall–Kier alpha value is -2.78. The first-order valence-electron chi connectivity index (χ1n) is 13.4. The number of nitrogens with one attached hydrogen (secondary N) is 1. The van der Waals surface area contributed by atoms with E-state index in [4.69, 9.17) is 34.8 Å². The van der Waals surface area contributed by atoms with Crippen LogP contribution in [0.2, 0.25) is 15.1 Å². The van der Waals surface area contributed by atoms with Gasteiger partial charge < -0.3 is 10.2 Å². The number of benzene rings is 3. The lowest BCUT2D eigenvalue weighted by Gasteiger charge is -2.33. The van der Waals surface area contributed by atoms with E-state index in [9.17, 15) is 18.0 Å². The average molecular weight is 637 g/mol. The van der Waals surface area contributed by atoms with Crippen molar-refractivity contribution in [3.8, 4) is 0 Å². The van der Waals surface area contributed by atoms with Crippen molar-refractivity contribution < 1.29 is 18.0 Å². The highest BCUT2D eigenvalue weighted by molar-refractivity contribution is 7.92. The van der Waals surface area contributed by atoms with E-state index in [0.717, 1.165) is 30.0 Å². The van der Waals surface area contributed by atoms with Crippen LogP contribution in [0, 0.1) is 6.92 Å². The summed E-state index contributed by atoms with van der Waals surface area (Å²) in [5.41, 5.74) is 1.32. The van der Waals surface area contributed by atoms with Gasteiger partial charge in [0.1, 0.15) is 12.6 Å². The normalized spacial score (nSPS) is 14.5. The second kappa shape index (κ2) is 13.5. The fraction of sp³-hybridized carbons (Fsp3) is 0.333. The van der Waals surface area contributed by atoms with Crippen molar-refractivity contribution in [2.75, 3.05) is 10.8 Å². The highest BCUT2D eigenvalue weighted by Crippen LogP contribution is 2.31. The molecule has 1 aliphatic rings. The van der Waals surface area contributed by atoms with Gasteiger partial charge in [-0.1, -0.05) is 78.0 Å². The van der Waals surface area contributed by atoms with E-state index in [-0.39, 0.29) is 29.1 Å². The smallest absolute Gasteiger partial charge is 0.264 e. The predicted octanol–water partition coefficient (Wildman–Crippen LogP) is 6.63. The van der Waals surface area contributed by atoms with Crippen molar-refractivity contribution in [3.05, 3.63) is 92.9 Å². The average Bonchev–Trinajstić information content (AvgIpc) is 3.46. The van der Waals surface area contributed by atoms with E-state index in [1.165, 1.54) is 23.1 Å². The van der Waals surface area contributed by atoms with E-state index in [0.29, 0.717) is 26.2 Å². The number of hydrogen-bond donors (Lipinski definition) is 1. The van der Waals surface area contributed by atoms with E-state index in [1.807, 2.05) is 0 Å². The van der Waals surface area contributed by atoms with Crippen LogP contribution in [-0.4, -0.2) is 43.8 Å². The fourth-order valence-electron chi connectivity index (χ4n) is 4.91. The summed E-state index contributed by atoms with van der Waals surface area (Å²) in [6.07, 6.45) is 3.81. The molecule has 3 aromatic rings. The Labute approximate surface area is 256 Å². The number of rotatable bonds is 10. The predicted molar refractivity (Wildman–Crippen MR) is 164 cm³/mol. The number of carbonyl (C=O) groups excluding carboxylic acids is 2. The number of carbonyl (C=O) groups is 2. The molecular formula is C30H32Cl3N3O4S. The van der Waals surface area contributed by atoms with E-state index in [2.05, 4.69) is 5.32 Å². The summed E-state index contributed by atoms with van der Waals surface area (Å²) in [6.45, 7) is 2.68. The van der Waals surface area contributed by atoms with Crippen LogP contribution in [-0.2, 0) is 26.2 Å². The Bertz CT molecular complexity index is 1490. The molecule has 1 saturated carbocycles. The van der Waals surface area contributed by atoms with Gasteiger partial charge in [0.15, 0.2) is 0 Å². The maximum absolute atomic E-state index is 14.1. The van der Waals surface area contributed by atoms with Crippen molar-refractivity contribution in [2.45, 2.75) is 63.1 Å². The van der Waals surface area contributed by atoms with Gasteiger partial charge in [-0.25, -0.2) is 8.42 Å². The highest BCUT2D eigenvalue weighted by atomic mass is 35.5. The molecule has 3 aromatic carbocycles. The second-order valence-electron chi connectivity index (χ2n) is 10.1. The van der Waals surface area contributed by atoms with Gasteiger partial charge in [-0.3, -0.25) is 13.9 Å². The summed E-state index contributed by atoms with van der Waals surface area (Å²) < 4.78 is 28.9. The van der Waals surface area contributed by atoms with Crippen molar-refractivity contribution in [3.63, 3.8) is 0 Å². The number of anilines is 1. The number of nitrogens with zero attached hydrogens (tertiary/aromatic N) is 2. The minimum Gasteiger partial charge on any atom is -0.352 e. The zero-order chi connectivity index (χ0) is 29.7. The molecule has 4 rings (SSSR count). The monoisotopic (exact) mass is 635 g/mol. The van der Waals surface area contributed by atoms with Crippen LogP contribution in [0.3, 0.4) is 0 Å². The number of halogens is 3. The first-order valence-corrected chi connectivity index (χ1v) is 15.9. The van der Waals surface area contributed by atoms with E-state index < -0.39 is 28.5 Å². The lowest BCUT2D eigenvalue weighted by Crippen LogP contribution is -2.52. The molecule has 1 fully saturated rings. The topological polar surface area (TPSA) is 86.8 Å². The Morgan fingerprint density at radius 1 is 0.951 bits per heavy atom. The molecule has 0 heterocycles. The van der Waals surface area contributed by atoms with Gasteiger partial charge >= 0.3 is 0 Å². The maximum atomic E-state index is 14.1. The highest BCUT2D eigenvalue weighted by Gasteiger charge is 2.34. The molecule has 0 radical (unpaired) electrons. The van der Waals surface area contributed by atoms with E-state index in [1.54, 1.807) is 62.4 Å². The third-order valence-electron chi connectivity index (χ3n) is 7.31. The third-order valence-corrected chi connectivity index (χ3v) is 10.0. The van der Waals surface area contributed by atoms with Crippen molar-refractivity contribution in [2.24, 2.45) is 0 Å². The zero-order valence-corrected chi connectivity index (χ0v) is 25.9. The molecule has 0 unspecified atom stereocenters. The number of sulfonamides is 1. The summed E-state index contributed by atoms with van der Waals surface area (Å²) in [4.78, 5) is 28.8. The van der Waals surface area contributed by atoms with Crippen molar-refractivity contribution in [1.82, 2.24) is 10.2 Å². The molecule has 1 atom stereocenters. The molecule has 2 amide bonds. The molecule has 0 aromatic heterocycles. The molecule has 0 bridgehead atoms. The van der Waals surface area contributed by atoms with Gasteiger partial charge in [0.05, 0.1) is 10.6 Å². The Morgan fingerprint density at radius 3 is 2.22 bits per heavy atom. The summed E-state index contributed by atoms with van der Waals surface area (Å²) in [6, 6.07) is 16.8. The number of aryl methyl sites for hydroxylation is 1. The quantitative estimate of drug-likeness (QED) is 0.271. The van der Waals surface area contributed by atoms with Crippen LogP contribution in [0.4, 0.5) is 5.69 Å². The molecule has 0 aliphatic heterocycles. The Morgan fingerprint density at radius 2 is 1.59 bits per heavy atom. The minimum atomic E-state index is -4.20. The Kier molecular flexibility index (Phi) is 10.2. The van der Waals surface area contributed by atoms with Gasteiger partial charge in [-0.05, 0) is 68.7 Å². The standard InChI is InChI=1S/C30H32Cl3N3O4S/c1-20-15-16-22(31)17-28(20)36(41(39,40)24-11-4-3-5-12-24)19-29(37)35(18-25-26(32)13-8-14-27(25)33)21(2)30(38)34-23-9-6-7-10-23/h3-5,8,11-17,21,23H,6-7,9-10,18-19H2,1-2H3,(H,34,38)/t21-/m1/s1. The lowest BCUT2D eigenvalue weighted by molar-refractivity contribution is -0.139.